The Kier molecular flexibility index (Phi) is 14.6. The number of methoxy groups -OCH3 is 1. The zero-order valence-electron chi connectivity index (χ0n) is 17.4. The van der Waals surface area contributed by atoms with E-state index in [0.29, 0.717) is 12.1 Å². The van der Waals surface area contributed by atoms with E-state index in [9.17, 15) is 4.79 Å². The maximum absolute atomic E-state index is 12.5. The Hall–Kier alpha value is -1.47. The van der Waals surface area contributed by atoms with Crippen molar-refractivity contribution in [3.63, 3.8) is 0 Å². The predicted molar refractivity (Wildman–Crippen MR) is 105 cm³/mol. The van der Waals surface area contributed by atoms with E-state index in [1.54, 1.807) is 0 Å². The minimum absolute atomic E-state index is 0. The average molecular weight is 593 g/mol. The van der Waals surface area contributed by atoms with Crippen LogP contribution in [0.25, 0.3) is 0 Å². The van der Waals surface area contributed by atoms with Gasteiger partial charge in [0.05, 0.1) is 13.0 Å². The number of fused-ring (bicyclic) bond motifs is 2. The molecule has 162 valence electrons. The smallest absolute Gasteiger partial charge is 0 e. The summed E-state index contributed by atoms with van der Waals surface area (Å²) in [5.74, 6) is 1.40. The molecule has 4 atom stereocenters. The van der Waals surface area contributed by atoms with Crippen molar-refractivity contribution in [2.45, 2.75) is 37.3 Å². The molecule has 0 amide bonds. The number of carbonyl (C=O) groups excluding carboxylic acids is 1. The Labute approximate surface area is 198 Å². The summed E-state index contributed by atoms with van der Waals surface area (Å²) in [4.78, 5) is 14.9. The zero-order chi connectivity index (χ0) is 22.7. The van der Waals surface area contributed by atoms with E-state index in [0.717, 1.165) is 12.8 Å². The third-order valence-corrected chi connectivity index (χ3v) is 6.08. The Balaban J connectivity index is 0.00000119. The largest absolute Gasteiger partial charge is 0 e. The molecular formula is C24H24NO5Re. The molecule has 6 nitrogen and oxygen atoms in total. The summed E-state index contributed by atoms with van der Waals surface area (Å²) in [6.45, 7) is 13.5. The predicted octanol–water partition coefficient (Wildman–Crippen LogP) is 3.06. The molecule has 0 spiro atoms. The van der Waals surface area contributed by atoms with Gasteiger partial charge in [-0.3, -0.25) is 9.69 Å². The number of piperidine rings is 1. The van der Waals surface area contributed by atoms with E-state index in [4.69, 9.17) is 18.7 Å². The van der Waals surface area contributed by atoms with Crippen molar-refractivity contribution in [3.05, 3.63) is 86.9 Å². The molecule has 3 aliphatic rings. The number of hydrogen-bond donors (Lipinski definition) is 0. The first-order valence-electron chi connectivity index (χ1n) is 9.42. The molecule has 2 bridgehead atoms. The third kappa shape index (κ3) is 6.75. The van der Waals surface area contributed by atoms with Crippen LogP contribution < -0.4 is 0 Å². The fraction of sp³-hybridized carbons (Fsp3) is 0.375. The fourth-order valence-corrected chi connectivity index (χ4v) is 4.76. The molecule has 7 heteroatoms. The number of rotatable bonds is 3. The Morgan fingerprint density at radius 1 is 1.00 bits per heavy atom. The molecule has 4 unspecified atom stereocenters. The summed E-state index contributed by atoms with van der Waals surface area (Å²) >= 11 is 0. The van der Waals surface area contributed by atoms with Gasteiger partial charge < -0.3 is 4.74 Å². The van der Waals surface area contributed by atoms with E-state index < -0.39 is 0 Å². The van der Waals surface area contributed by atoms with Gasteiger partial charge in [-0.2, -0.15) is 0 Å². The van der Waals surface area contributed by atoms with Crippen LogP contribution in [0.4, 0.5) is 0 Å². The van der Waals surface area contributed by atoms with Crippen molar-refractivity contribution < 1.29 is 43.9 Å². The van der Waals surface area contributed by atoms with Crippen LogP contribution in [0.2, 0.25) is 0 Å². The van der Waals surface area contributed by atoms with E-state index in [1.807, 2.05) is 0 Å². The Morgan fingerprint density at radius 2 is 1.55 bits per heavy atom. The second-order valence-corrected chi connectivity index (χ2v) is 7.15. The zero-order valence-corrected chi connectivity index (χ0v) is 20.1. The van der Waals surface area contributed by atoms with E-state index >= 15 is 0 Å². The average Bonchev–Trinajstić information content (AvgIpc) is 3.44. The van der Waals surface area contributed by atoms with Crippen molar-refractivity contribution in [2.75, 3.05) is 14.2 Å². The van der Waals surface area contributed by atoms with E-state index in [1.165, 1.54) is 30.6 Å². The van der Waals surface area contributed by atoms with Crippen molar-refractivity contribution in [1.82, 2.24) is 4.90 Å². The summed E-state index contributed by atoms with van der Waals surface area (Å²) < 4.78 is 27.7. The van der Waals surface area contributed by atoms with Crippen molar-refractivity contribution in [3.8, 4) is 0 Å². The normalized spacial score (nSPS) is 26.3. The van der Waals surface area contributed by atoms with Crippen LogP contribution in [0.15, 0.2) is 24.3 Å². The van der Waals surface area contributed by atoms with E-state index in [2.05, 4.69) is 81.8 Å². The van der Waals surface area contributed by atoms with Gasteiger partial charge in [0.1, 0.15) is 0 Å². The topological polar surface area (TPSA) is 89.2 Å². The summed E-state index contributed by atoms with van der Waals surface area (Å²) in [5, 5.41) is 0. The summed E-state index contributed by atoms with van der Waals surface area (Å²) in [6.07, 6.45) is 11.7. The Bertz CT molecular complexity index is 709. The maximum Gasteiger partial charge on any atom is 0 e. The number of benzene rings is 1. The summed E-state index contributed by atoms with van der Waals surface area (Å²) in [5.41, 5.74) is 2.50. The molecule has 1 aromatic rings. The number of hydrogen-bond acceptors (Lipinski definition) is 3. The summed E-state index contributed by atoms with van der Waals surface area (Å²) in [7, 11) is 3.67. The third-order valence-electron chi connectivity index (χ3n) is 6.08. The van der Waals surface area contributed by atoms with Crippen LogP contribution in [0.1, 0.15) is 36.3 Å². The number of ether oxygens (including phenoxy) is 1. The molecule has 3 fully saturated rings. The molecule has 4 rings (SSSR count). The molecule has 1 aliphatic carbocycles. The quantitative estimate of drug-likeness (QED) is 0.307. The van der Waals surface area contributed by atoms with Crippen LogP contribution in [0.5, 0.6) is 0 Å². The first-order chi connectivity index (χ1) is 14.7. The molecule has 2 saturated heterocycles. The minimum Gasteiger partial charge on any atom is 0 e. The van der Waals surface area contributed by atoms with Gasteiger partial charge in [0.25, 0.3) is 0 Å². The number of esters is 1. The molecule has 0 N–H and O–H groups in total. The SMILES string of the molecule is COC(=O)C1C(c2ccc([C]3[CH][CH][CH][CH]3)cc2)CC2CCC1N2C.[C-]#[O+].[C-]#[O+].[C-]#[O+].[Re]. The van der Waals surface area contributed by atoms with Crippen LogP contribution in [-0.2, 0) is 43.9 Å². The standard InChI is InChI=1S/C21H24NO2.3CO.Re/c1-22-17-11-12-19(22)20(21(23)24-2)18(13-17)16-9-7-15(8-10-16)14-5-3-4-6-14;3*1-2;/h3-10,17-20H,11-13H2,1-2H3;;;;. The Morgan fingerprint density at radius 3 is 2.06 bits per heavy atom. The minimum atomic E-state index is -0.0580. The van der Waals surface area contributed by atoms with Gasteiger partial charge in [0, 0.05) is 44.3 Å². The van der Waals surface area contributed by atoms with Gasteiger partial charge in [-0.05, 0) is 63.1 Å². The molecule has 6 radical (unpaired) electrons. The van der Waals surface area contributed by atoms with Gasteiger partial charge in [0.15, 0.2) is 0 Å². The second-order valence-electron chi connectivity index (χ2n) is 7.15. The molecule has 2 aliphatic heterocycles. The molecule has 0 aromatic heterocycles. The van der Waals surface area contributed by atoms with Crippen LogP contribution in [0.3, 0.4) is 0 Å². The van der Waals surface area contributed by atoms with E-state index in [-0.39, 0.29) is 38.2 Å². The second kappa shape index (κ2) is 15.4. The van der Waals surface area contributed by atoms with Gasteiger partial charge in [-0.15, -0.1) is 0 Å². The number of nitrogens with zero attached hydrogens (tertiary/aromatic N) is 1. The monoisotopic (exact) mass is 593 g/mol. The van der Waals surface area contributed by atoms with Crippen molar-refractivity contribution in [2.24, 2.45) is 5.92 Å². The fourth-order valence-electron chi connectivity index (χ4n) is 4.76. The van der Waals surface area contributed by atoms with Gasteiger partial charge in [-0.1, -0.05) is 24.3 Å². The molecule has 1 saturated carbocycles. The van der Waals surface area contributed by atoms with Gasteiger partial charge >= 0.3 is 39.9 Å². The van der Waals surface area contributed by atoms with Crippen LogP contribution >= 0.6 is 0 Å². The molecule has 31 heavy (non-hydrogen) atoms. The van der Waals surface area contributed by atoms with Crippen LogP contribution in [0, 0.1) is 57.5 Å². The molecule has 2 heterocycles. The van der Waals surface area contributed by atoms with Gasteiger partial charge in [-0.25, -0.2) is 0 Å². The van der Waals surface area contributed by atoms with Crippen LogP contribution in [-0.4, -0.2) is 37.1 Å². The first kappa shape index (κ1) is 29.5. The van der Waals surface area contributed by atoms with Gasteiger partial charge in [0.2, 0.25) is 0 Å². The number of carbonyl (C=O) groups is 1. The maximum atomic E-state index is 12.5. The van der Waals surface area contributed by atoms with Crippen molar-refractivity contribution >= 4 is 5.97 Å². The van der Waals surface area contributed by atoms with Crippen molar-refractivity contribution in [1.29, 1.82) is 0 Å². The summed E-state index contributed by atoms with van der Waals surface area (Å²) in [6, 6.07) is 9.67. The molecule has 1 aromatic carbocycles. The molecular weight excluding hydrogens is 568 g/mol. The first-order valence-corrected chi connectivity index (χ1v) is 9.42.